The van der Waals surface area contributed by atoms with E-state index in [9.17, 15) is 0 Å². The number of aryl methyl sites for hydroxylation is 2. The van der Waals surface area contributed by atoms with Crippen LogP contribution in [0.15, 0.2) is 0 Å². The van der Waals surface area contributed by atoms with Crippen LogP contribution in [0.1, 0.15) is 17.5 Å². The monoisotopic (exact) mass is 230 g/mol. The van der Waals surface area contributed by atoms with Gasteiger partial charge in [-0.15, -0.1) is 11.3 Å². The summed E-state index contributed by atoms with van der Waals surface area (Å²) in [4.78, 5) is 5.51. The number of anilines is 1. The predicted molar refractivity (Wildman–Crippen MR) is 62.4 cm³/mol. The number of hydrogen-bond donors (Lipinski definition) is 3. The number of nitrogens with one attached hydrogen (secondary N) is 1. The molecule has 3 N–H and O–H groups in total. The highest BCUT2D eigenvalue weighted by atomic mass is 32.1. The fourth-order valence-electron chi connectivity index (χ4n) is 0.999. The Kier molecular flexibility index (Phi) is 4.07. The molecular weight excluding hydrogens is 212 g/mol. The van der Waals surface area contributed by atoms with E-state index in [1.807, 2.05) is 20.8 Å². The van der Waals surface area contributed by atoms with Gasteiger partial charge in [-0.3, -0.25) is 0 Å². The Balaban J connectivity index is 2.56. The highest BCUT2D eigenvalue weighted by Crippen LogP contribution is 2.23. The van der Waals surface area contributed by atoms with E-state index in [4.69, 9.17) is 10.2 Å². The van der Waals surface area contributed by atoms with Gasteiger partial charge in [0.15, 0.2) is 5.13 Å². The van der Waals surface area contributed by atoms with Crippen LogP contribution in [0.3, 0.4) is 0 Å². The molecule has 0 spiro atoms. The minimum absolute atomic E-state index is 0.0418. The summed E-state index contributed by atoms with van der Waals surface area (Å²) < 4.78 is 0. The SMILES string of the molecule is Cc1nc(NCC(C)(CO)CO)sc1C. The second-order valence-electron chi connectivity index (χ2n) is 4.14. The molecule has 0 aromatic carbocycles. The Hall–Kier alpha value is -0.650. The van der Waals surface area contributed by atoms with Crippen molar-refractivity contribution in [3.8, 4) is 0 Å². The lowest BCUT2D eigenvalue weighted by Crippen LogP contribution is -2.33. The van der Waals surface area contributed by atoms with Crippen molar-refractivity contribution in [1.29, 1.82) is 0 Å². The van der Waals surface area contributed by atoms with E-state index in [-0.39, 0.29) is 13.2 Å². The molecule has 5 heteroatoms. The number of aliphatic hydroxyl groups is 2. The van der Waals surface area contributed by atoms with Crippen molar-refractivity contribution >= 4 is 16.5 Å². The van der Waals surface area contributed by atoms with Crippen LogP contribution in [0.4, 0.5) is 5.13 Å². The zero-order chi connectivity index (χ0) is 11.5. The Labute approximate surface area is 94.0 Å². The van der Waals surface area contributed by atoms with E-state index in [0.29, 0.717) is 6.54 Å². The molecule has 0 aliphatic carbocycles. The first-order valence-electron chi connectivity index (χ1n) is 4.90. The molecule has 1 aromatic heterocycles. The van der Waals surface area contributed by atoms with Crippen LogP contribution >= 0.6 is 11.3 Å². The second-order valence-corrected chi connectivity index (χ2v) is 5.34. The molecule has 0 bridgehead atoms. The molecule has 1 heterocycles. The van der Waals surface area contributed by atoms with Crippen LogP contribution in [-0.4, -0.2) is 35.0 Å². The molecule has 86 valence electrons. The summed E-state index contributed by atoms with van der Waals surface area (Å²) in [7, 11) is 0. The van der Waals surface area contributed by atoms with Gasteiger partial charge >= 0.3 is 0 Å². The van der Waals surface area contributed by atoms with Gasteiger partial charge in [0.1, 0.15) is 0 Å². The zero-order valence-corrected chi connectivity index (χ0v) is 10.2. The van der Waals surface area contributed by atoms with Crippen LogP contribution < -0.4 is 5.32 Å². The van der Waals surface area contributed by atoms with Gasteiger partial charge in [0.25, 0.3) is 0 Å². The van der Waals surface area contributed by atoms with Gasteiger partial charge in [0, 0.05) is 16.8 Å². The Morgan fingerprint density at radius 3 is 2.33 bits per heavy atom. The zero-order valence-electron chi connectivity index (χ0n) is 9.37. The molecule has 0 saturated carbocycles. The van der Waals surface area contributed by atoms with Crippen LogP contribution in [-0.2, 0) is 0 Å². The second kappa shape index (κ2) is 4.92. The third-order valence-electron chi connectivity index (χ3n) is 2.46. The van der Waals surface area contributed by atoms with E-state index in [1.54, 1.807) is 11.3 Å². The first-order chi connectivity index (χ1) is 7.00. The first kappa shape index (κ1) is 12.4. The maximum Gasteiger partial charge on any atom is 0.183 e. The molecule has 0 fully saturated rings. The average molecular weight is 230 g/mol. The lowest BCUT2D eigenvalue weighted by atomic mass is 9.93. The van der Waals surface area contributed by atoms with Gasteiger partial charge in [0.05, 0.1) is 18.9 Å². The van der Waals surface area contributed by atoms with Crippen molar-refractivity contribution in [3.05, 3.63) is 10.6 Å². The van der Waals surface area contributed by atoms with Crippen molar-refractivity contribution in [2.75, 3.05) is 25.1 Å². The Morgan fingerprint density at radius 1 is 1.33 bits per heavy atom. The number of rotatable bonds is 5. The lowest BCUT2D eigenvalue weighted by Gasteiger charge is -2.24. The van der Waals surface area contributed by atoms with E-state index in [2.05, 4.69) is 10.3 Å². The molecule has 15 heavy (non-hydrogen) atoms. The van der Waals surface area contributed by atoms with Crippen molar-refractivity contribution in [1.82, 2.24) is 4.98 Å². The fourth-order valence-corrected chi connectivity index (χ4v) is 1.81. The number of thiazole rings is 1. The molecule has 0 unspecified atom stereocenters. The highest BCUT2D eigenvalue weighted by Gasteiger charge is 2.22. The maximum atomic E-state index is 9.11. The lowest BCUT2D eigenvalue weighted by molar-refractivity contribution is 0.0806. The number of hydrogen-bond acceptors (Lipinski definition) is 5. The third-order valence-corrected chi connectivity index (χ3v) is 3.49. The summed E-state index contributed by atoms with van der Waals surface area (Å²) in [6.45, 7) is 6.25. The van der Waals surface area contributed by atoms with Gasteiger partial charge in [-0.05, 0) is 13.8 Å². The van der Waals surface area contributed by atoms with Gasteiger partial charge in [-0.1, -0.05) is 6.92 Å². The number of aromatic nitrogens is 1. The van der Waals surface area contributed by atoms with E-state index >= 15 is 0 Å². The van der Waals surface area contributed by atoms with E-state index in [1.165, 1.54) is 4.88 Å². The summed E-state index contributed by atoms with van der Waals surface area (Å²) in [5.41, 5.74) is 0.533. The molecule has 0 saturated heterocycles. The van der Waals surface area contributed by atoms with Crippen LogP contribution in [0, 0.1) is 19.3 Å². The average Bonchev–Trinajstić information content (AvgIpc) is 2.55. The summed E-state index contributed by atoms with van der Waals surface area (Å²) >= 11 is 1.59. The summed E-state index contributed by atoms with van der Waals surface area (Å²) in [6, 6.07) is 0. The Bertz CT molecular complexity index is 302. The summed E-state index contributed by atoms with van der Waals surface area (Å²) in [6.07, 6.45) is 0. The molecule has 0 amide bonds. The quantitative estimate of drug-likeness (QED) is 0.710. The minimum Gasteiger partial charge on any atom is -0.396 e. The molecule has 0 atom stereocenters. The summed E-state index contributed by atoms with van der Waals surface area (Å²) in [5, 5.41) is 22.2. The molecule has 0 aliphatic rings. The first-order valence-corrected chi connectivity index (χ1v) is 5.72. The van der Waals surface area contributed by atoms with Gasteiger partial charge in [0.2, 0.25) is 0 Å². The topological polar surface area (TPSA) is 65.4 Å². The minimum atomic E-state index is -0.493. The van der Waals surface area contributed by atoms with Gasteiger partial charge in [-0.2, -0.15) is 0 Å². The Morgan fingerprint density at radius 2 is 1.93 bits per heavy atom. The number of aliphatic hydroxyl groups excluding tert-OH is 2. The maximum absolute atomic E-state index is 9.11. The summed E-state index contributed by atoms with van der Waals surface area (Å²) in [5.74, 6) is 0. The molecule has 1 rings (SSSR count). The van der Waals surface area contributed by atoms with Crippen molar-refractivity contribution in [2.24, 2.45) is 5.41 Å². The van der Waals surface area contributed by atoms with E-state index in [0.717, 1.165) is 10.8 Å². The van der Waals surface area contributed by atoms with Crippen LogP contribution in [0.5, 0.6) is 0 Å². The van der Waals surface area contributed by atoms with Crippen LogP contribution in [0.2, 0.25) is 0 Å². The van der Waals surface area contributed by atoms with Gasteiger partial charge in [-0.25, -0.2) is 4.98 Å². The standard InChI is InChI=1S/C10H18N2O2S/c1-7-8(2)15-9(12-7)11-4-10(3,5-13)6-14/h13-14H,4-6H2,1-3H3,(H,11,12). The normalized spacial score (nSPS) is 11.8. The van der Waals surface area contributed by atoms with E-state index < -0.39 is 5.41 Å². The third kappa shape index (κ3) is 3.15. The molecule has 0 radical (unpaired) electrons. The molecule has 4 nitrogen and oxygen atoms in total. The molecule has 1 aromatic rings. The highest BCUT2D eigenvalue weighted by molar-refractivity contribution is 7.15. The molecule has 0 aliphatic heterocycles. The fraction of sp³-hybridized carbons (Fsp3) is 0.700. The smallest absolute Gasteiger partial charge is 0.183 e. The number of nitrogens with zero attached hydrogens (tertiary/aromatic N) is 1. The largest absolute Gasteiger partial charge is 0.396 e. The molecular formula is C10H18N2O2S. The van der Waals surface area contributed by atoms with Crippen molar-refractivity contribution < 1.29 is 10.2 Å². The van der Waals surface area contributed by atoms with Crippen molar-refractivity contribution in [3.63, 3.8) is 0 Å². The van der Waals surface area contributed by atoms with Gasteiger partial charge < -0.3 is 15.5 Å². The predicted octanol–water partition coefficient (Wildman–Crippen LogP) is 1.16. The van der Waals surface area contributed by atoms with Crippen LogP contribution in [0.25, 0.3) is 0 Å². The van der Waals surface area contributed by atoms with Crippen molar-refractivity contribution in [2.45, 2.75) is 20.8 Å².